The second kappa shape index (κ2) is 6.07. The Bertz CT molecular complexity index is 268. The molecule has 0 heterocycles. The Morgan fingerprint density at radius 1 is 1.29 bits per heavy atom. The maximum atomic E-state index is 6.23. The molecule has 0 radical (unpaired) electrons. The second-order valence-corrected chi connectivity index (χ2v) is 10.9. The van der Waals surface area contributed by atoms with Crippen LogP contribution >= 0.6 is 0 Å². The number of hydrogen-bond acceptors (Lipinski definition) is 1. The molecular weight excluding hydrogens is 224 g/mol. The van der Waals surface area contributed by atoms with Crippen LogP contribution in [0.5, 0.6) is 0 Å². The molecule has 0 aromatic rings. The summed E-state index contributed by atoms with van der Waals surface area (Å²) in [6, 6.07) is 0. The highest BCUT2D eigenvalue weighted by molar-refractivity contribution is 6.69. The highest BCUT2D eigenvalue weighted by Crippen LogP contribution is 2.49. The third kappa shape index (κ3) is 4.15. The topological polar surface area (TPSA) is 9.23 Å². The molecule has 1 nitrogen and oxygen atoms in total. The van der Waals surface area contributed by atoms with E-state index in [9.17, 15) is 0 Å². The summed E-state index contributed by atoms with van der Waals surface area (Å²) in [7, 11) is -1.52. The molecule has 1 saturated carbocycles. The number of terminal acetylenes is 1. The summed E-state index contributed by atoms with van der Waals surface area (Å²) >= 11 is 0. The number of rotatable bonds is 7. The Kier molecular flexibility index (Phi) is 5.28. The van der Waals surface area contributed by atoms with Crippen molar-refractivity contribution in [1.82, 2.24) is 0 Å². The second-order valence-electron chi connectivity index (χ2n) is 6.45. The molecule has 0 spiro atoms. The van der Waals surface area contributed by atoms with Gasteiger partial charge < -0.3 is 4.43 Å². The average Bonchev–Trinajstić information content (AvgIpc) is 2.18. The maximum absolute atomic E-state index is 6.23. The van der Waals surface area contributed by atoms with Gasteiger partial charge in [-0.05, 0) is 38.9 Å². The summed E-state index contributed by atoms with van der Waals surface area (Å²) in [4.78, 5) is 0. The summed E-state index contributed by atoms with van der Waals surface area (Å²) in [5, 5.41) is 0. The number of hydrogen-bond donors (Lipinski definition) is 0. The Morgan fingerprint density at radius 2 is 1.94 bits per heavy atom. The summed E-state index contributed by atoms with van der Waals surface area (Å²) in [5.41, 5.74) is 0.324. The zero-order valence-corrected chi connectivity index (χ0v) is 13.0. The van der Waals surface area contributed by atoms with E-state index in [1.54, 1.807) is 0 Å². The third-order valence-corrected chi connectivity index (χ3v) is 4.75. The molecule has 98 valence electrons. The first-order valence-corrected chi connectivity index (χ1v) is 10.5. The first-order chi connectivity index (χ1) is 7.93. The van der Waals surface area contributed by atoms with Gasteiger partial charge in [-0.15, -0.1) is 6.42 Å². The first kappa shape index (κ1) is 14.8. The van der Waals surface area contributed by atoms with E-state index < -0.39 is 8.32 Å². The van der Waals surface area contributed by atoms with E-state index in [-0.39, 0.29) is 6.10 Å². The average molecular weight is 252 g/mol. The van der Waals surface area contributed by atoms with Gasteiger partial charge in [-0.2, -0.15) is 0 Å². The molecule has 1 unspecified atom stereocenters. The summed E-state index contributed by atoms with van der Waals surface area (Å²) < 4.78 is 6.23. The SMILES string of the molecule is C#CC(O[Si](C)(C)C)C1(CCCCC)CCC1. The zero-order chi connectivity index (χ0) is 12.9. The summed E-state index contributed by atoms with van der Waals surface area (Å²) in [6.07, 6.45) is 14.9. The molecule has 0 aromatic heterocycles. The lowest BCUT2D eigenvalue weighted by molar-refractivity contribution is 0.00179. The van der Waals surface area contributed by atoms with Crippen molar-refractivity contribution >= 4 is 8.32 Å². The molecular formula is C15H28OSi. The van der Waals surface area contributed by atoms with Crippen LogP contribution in [0.2, 0.25) is 19.6 Å². The summed E-state index contributed by atoms with van der Waals surface area (Å²) in [6.45, 7) is 8.95. The van der Waals surface area contributed by atoms with E-state index in [4.69, 9.17) is 10.8 Å². The fourth-order valence-electron chi connectivity index (χ4n) is 2.69. The lowest BCUT2D eigenvalue weighted by atomic mass is 9.62. The van der Waals surface area contributed by atoms with Crippen molar-refractivity contribution in [2.45, 2.75) is 77.6 Å². The smallest absolute Gasteiger partial charge is 0.185 e. The van der Waals surface area contributed by atoms with Gasteiger partial charge in [0.05, 0.1) is 0 Å². The zero-order valence-electron chi connectivity index (χ0n) is 12.0. The third-order valence-electron chi connectivity index (χ3n) is 3.81. The van der Waals surface area contributed by atoms with E-state index in [0.717, 1.165) is 0 Å². The normalized spacial score (nSPS) is 20.4. The van der Waals surface area contributed by atoms with Crippen LogP contribution in [0.25, 0.3) is 0 Å². The van der Waals surface area contributed by atoms with Gasteiger partial charge in [0.2, 0.25) is 0 Å². The van der Waals surface area contributed by atoms with Gasteiger partial charge >= 0.3 is 0 Å². The van der Waals surface area contributed by atoms with Crippen molar-refractivity contribution in [2.75, 3.05) is 0 Å². The molecule has 0 aromatic carbocycles. The summed E-state index contributed by atoms with van der Waals surface area (Å²) in [5.74, 6) is 2.94. The molecule has 1 aliphatic rings. The molecule has 1 aliphatic carbocycles. The molecule has 2 heteroatoms. The minimum Gasteiger partial charge on any atom is -0.404 e. The molecule has 17 heavy (non-hydrogen) atoms. The Balaban J connectivity index is 2.60. The van der Waals surface area contributed by atoms with E-state index in [2.05, 4.69) is 32.5 Å². The fraction of sp³-hybridized carbons (Fsp3) is 0.867. The predicted molar refractivity (Wildman–Crippen MR) is 77.5 cm³/mol. The lowest BCUT2D eigenvalue weighted by Gasteiger charge is -2.47. The van der Waals surface area contributed by atoms with Crippen molar-refractivity contribution in [3.63, 3.8) is 0 Å². The molecule has 0 saturated heterocycles. The van der Waals surface area contributed by atoms with Crippen molar-refractivity contribution in [1.29, 1.82) is 0 Å². The van der Waals surface area contributed by atoms with Gasteiger partial charge in [-0.3, -0.25) is 0 Å². The largest absolute Gasteiger partial charge is 0.404 e. The molecule has 0 N–H and O–H groups in total. The minimum atomic E-state index is -1.52. The van der Waals surface area contributed by atoms with E-state index in [1.807, 2.05) is 0 Å². The molecule has 0 amide bonds. The van der Waals surface area contributed by atoms with Gasteiger partial charge in [-0.25, -0.2) is 0 Å². The van der Waals surface area contributed by atoms with Crippen molar-refractivity contribution < 1.29 is 4.43 Å². The van der Waals surface area contributed by atoms with Gasteiger partial charge in [0.1, 0.15) is 6.10 Å². The van der Waals surface area contributed by atoms with Crippen LogP contribution in [-0.2, 0) is 4.43 Å². The highest BCUT2D eigenvalue weighted by Gasteiger charge is 2.44. The van der Waals surface area contributed by atoms with Gasteiger partial charge in [0, 0.05) is 5.41 Å². The van der Waals surface area contributed by atoms with Gasteiger partial charge in [0.15, 0.2) is 8.32 Å². The quantitative estimate of drug-likeness (QED) is 0.366. The number of unbranched alkanes of at least 4 members (excludes halogenated alkanes) is 2. The molecule has 0 bridgehead atoms. The highest BCUT2D eigenvalue weighted by atomic mass is 28.4. The van der Waals surface area contributed by atoms with E-state index >= 15 is 0 Å². The molecule has 0 aliphatic heterocycles. The molecule has 1 atom stereocenters. The van der Waals surface area contributed by atoms with Crippen LogP contribution in [0.1, 0.15) is 51.9 Å². The standard InChI is InChI=1S/C15H28OSi/c1-6-8-9-11-15(12-10-13-15)14(7-2)16-17(3,4)5/h2,14H,6,8-13H2,1,3-5H3. The molecule has 1 fully saturated rings. The minimum absolute atomic E-state index is 0.0692. The van der Waals surface area contributed by atoms with Gasteiger partial charge in [0.25, 0.3) is 0 Å². The van der Waals surface area contributed by atoms with Gasteiger partial charge in [-0.1, -0.05) is 38.5 Å². The maximum Gasteiger partial charge on any atom is 0.185 e. The Hall–Kier alpha value is -0.263. The van der Waals surface area contributed by atoms with Crippen molar-refractivity contribution in [3.8, 4) is 12.3 Å². The van der Waals surface area contributed by atoms with E-state index in [0.29, 0.717) is 5.41 Å². The van der Waals surface area contributed by atoms with Crippen LogP contribution in [0.4, 0.5) is 0 Å². The van der Waals surface area contributed by atoms with Crippen LogP contribution < -0.4 is 0 Å². The van der Waals surface area contributed by atoms with Crippen molar-refractivity contribution in [3.05, 3.63) is 0 Å². The van der Waals surface area contributed by atoms with Crippen molar-refractivity contribution in [2.24, 2.45) is 5.41 Å². The van der Waals surface area contributed by atoms with Crippen LogP contribution in [0.3, 0.4) is 0 Å². The van der Waals surface area contributed by atoms with Crippen LogP contribution in [0.15, 0.2) is 0 Å². The predicted octanol–water partition coefficient (Wildman–Crippen LogP) is 4.59. The van der Waals surface area contributed by atoms with Crippen LogP contribution in [0, 0.1) is 17.8 Å². The first-order valence-electron chi connectivity index (χ1n) is 7.07. The molecule has 1 rings (SSSR count). The Labute approximate surface area is 108 Å². The Morgan fingerprint density at radius 3 is 2.29 bits per heavy atom. The fourth-order valence-corrected chi connectivity index (χ4v) is 3.72. The van der Waals surface area contributed by atoms with Crippen LogP contribution in [-0.4, -0.2) is 14.4 Å². The lowest BCUT2D eigenvalue weighted by Crippen LogP contribution is -2.46. The van der Waals surface area contributed by atoms with E-state index in [1.165, 1.54) is 44.9 Å². The monoisotopic (exact) mass is 252 g/mol.